The first-order valence-corrected chi connectivity index (χ1v) is 16.0. The summed E-state index contributed by atoms with van der Waals surface area (Å²) in [6.45, 7) is -5.71. The summed E-state index contributed by atoms with van der Waals surface area (Å²) in [5.74, 6) is 0.337. The predicted molar refractivity (Wildman–Crippen MR) is 204 cm³/mol. The first-order chi connectivity index (χ1) is 28.6. The van der Waals surface area contributed by atoms with Gasteiger partial charge in [0.2, 0.25) is 0 Å². The van der Waals surface area contributed by atoms with E-state index in [1.165, 1.54) is 0 Å². The molecule has 0 spiro atoms. The summed E-state index contributed by atoms with van der Waals surface area (Å²) in [4.78, 5) is 9.70. The average molecular weight is 638 g/mol. The molecule has 0 N–H and O–H groups in total. The molecule has 49 heavy (non-hydrogen) atoms. The quantitative estimate of drug-likeness (QED) is 0.188. The maximum atomic E-state index is 8.70. The molecule has 7 aromatic carbocycles. The van der Waals surface area contributed by atoms with Crippen molar-refractivity contribution in [3.05, 3.63) is 181 Å². The summed E-state index contributed by atoms with van der Waals surface area (Å²) in [6, 6.07) is 40.9. The Hall–Kier alpha value is -6.12. The first-order valence-electron chi connectivity index (χ1n) is 21.5. The first kappa shape index (κ1) is 19.6. The van der Waals surface area contributed by atoms with Crippen LogP contribution in [0.4, 0.5) is 0 Å². The Morgan fingerprint density at radius 1 is 0.449 bits per heavy atom. The Labute approximate surface area is 302 Å². The highest BCUT2D eigenvalue weighted by Crippen LogP contribution is 2.49. The Balaban J connectivity index is 1.15. The van der Waals surface area contributed by atoms with Crippen LogP contribution in [0.25, 0.3) is 78.1 Å². The zero-order chi connectivity index (χ0) is 42.3. The van der Waals surface area contributed by atoms with Crippen molar-refractivity contribution >= 4 is 10.8 Å². The van der Waals surface area contributed by atoms with Crippen LogP contribution in [0.3, 0.4) is 0 Å². The van der Waals surface area contributed by atoms with E-state index >= 15 is 0 Å². The molecule has 1 aliphatic carbocycles. The van der Waals surface area contributed by atoms with Gasteiger partial charge in [0.15, 0.2) is 5.82 Å². The molecule has 0 unspecified atom stereocenters. The molecule has 1 aromatic heterocycles. The van der Waals surface area contributed by atoms with Gasteiger partial charge in [0.05, 0.1) is 18.2 Å². The van der Waals surface area contributed by atoms with Crippen molar-refractivity contribution in [1.29, 1.82) is 0 Å². The van der Waals surface area contributed by atoms with Crippen molar-refractivity contribution in [2.24, 2.45) is 0 Å². The van der Waals surface area contributed by atoms with Crippen LogP contribution in [0.1, 0.15) is 39.9 Å². The van der Waals surface area contributed by atoms with Crippen LogP contribution in [0.2, 0.25) is 0 Å². The molecule has 1 aliphatic rings. The van der Waals surface area contributed by atoms with E-state index in [0.29, 0.717) is 33.8 Å². The molecule has 0 atom stereocenters. The maximum Gasteiger partial charge on any atom is 0.160 e. The van der Waals surface area contributed by atoms with Crippen LogP contribution in [0, 0.1) is 0 Å². The Kier molecular flexibility index (Phi) is 4.63. The Morgan fingerprint density at radius 3 is 1.86 bits per heavy atom. The van der Waals surface area contributed by atoms with Crippen LogP contribution >= 0.6 is 0 Å². The topological polar surface area (TPSA) is 25.8 Å². The second-order valence-electron chi connectivity index (χ2n) is 12.2. The summed E-state index contributed by atoms with van der Waals surface area (Å²) in [7, 11) is 0. The molecular weight excluding hydrogens is 593 g/mol. The molecule has 0 aliphatic heterocycles. The average Bonchev–Trinajstić information content (AvgIpc) is 3.56. The van der Waals surface area contributed by atoms with Gasteiger partial charge in [-0.1, -0.05) is 171 Å². The van der Waals surface area contributed by atoms with Crippen molar-refractivity contribution in [3.63, 3.8) is 0 Å². The predicted octanol–water partition coefficient (Wildman–Crippen LogP) is 12.3. The number of benzene rings is 7. The lowest BCUT2D eigenvalue weighted by atomic mass is 9.81. The van der Waals surface area contributed by atoms with E-state index in [-0.39, 0.29) is 34.5 Å². The summed E-state index contributed by atoms with van der Waals surface area (Å²) >= 11 is 0. The van der Waals surface area contributed by atoms with Crippen molar-refractivity contribution < 1.29 is 15.1 Å². The van der Waals surface area contributed by atoms with Gasteiger partial charge >= 0.3 is 0 Å². The normalized spacial score (nSPS) is 16.6. The molecule has 8 aromatic rings. The maximum absolute atomic E-state index is 8.70. The Bertz CT molecular complexity index is 2970. The number of fused-ring (bicyclic) bond motifs is 4. The van der Waals surface area contributed by atoms with Gasteiger partial charge in [-0.3, -0.25) is 0 Å². The summed E-state index contributed by atoms with van der Waals surface area (Å²) in [6.07, 6.45) is 0. The fourth-order valence-electron chi connectivity index (χ4n) is 6.88. The van der Waals surface area contributed by atoms with Gasteiger partial charge in [-0.05, 0) is 67.4 Å². The van der Waals surface area contributed by atoms with Crippen LogP contribution in [0.15, 0.2) is 170 Å². The minimum atomic E-state index is -2.86. The van der Waals surface area contributed by atoms with Gasteiger partial charge in [-0.15, -0.1) is 0 Å². The van der Waals surface area contributed by atoms with Gasteiger partial charge in [0, 0.05) is 30.3 Å². The van der Waals surface area contributed by atoms with Crippen molar-refractivity contribution in [2.45, 2.75) is 19.1 Å². The van der Waals surface area contributed by atoms with E-state index in [1.54, 1.807) is 36.4 Å². The molecule has 1 heterocycles. The number of hydrogen-bond acceptors (Lipinski definition) is 2. The lowest BCUT2D eigenvalue weighted by molar-refractivity contribution is 0.660. The summed E-state index contributed by atoms with van der Waals surface area (Å²) in [5.41, 5.74) is 5.03. The number of aromatic nitrogens is 2. The highest BCUT2D eigenvalue weighted by Gasteiger charge is 2.35. The van der Waals surface area contributed by atoms with Crippen molar-refractivity contribution in [1.82, 2.24) is 9.97 Å². The van der Waals surface area contributed by atoms with E-state index in [2.05, 4.69) is 0 Å². The molecule has 2 heteroatoms. The van der Waals surface area contributed by atoms with Crippen molar-refractivity contribution in [2.75, 3.05) is 0 Å². The molecule has 0 radical (unpaired) electrons. The standard InChI is InChI=1S/C47H34N2/c1-47(2)42-20-12-11-19-39(42)40-26-25-35(29-43(40)47)31-21-23-32(24-22-31)36-27-28-41(38-18-10-9-17-37(36)38)45-30-44(33-13-5-3-6-14-33)48-46(49-45)34-15-7-4-8-16-34/h3-30H,1-2H3/i1D3,2D3,3D,5D,6D,13D,14D. The molecule has 0 saturated carbocycles. The summed E-state index contributed by atoms with van der Waals surface area (Å²) in [5, 5.41) is 1.79. The van der Waals surface area contributed by atoms with E-state index in [9.17, 15) is 0 Å². The molecule has 0 bridgehead atoms. The van der Waals surface area contributed by atoms with E-state index in [0.717, 1.165) is 33.0 Å². The van der Waals surface area contributed by atoms with Crippen LogP contribution in [-0.2, 0) is 5.41 Å². The monoisotopic (exact) mass is 637 g/mol. The largest absolute Gasteiger partial charge is 0.228 e. The van der Waals surface area contributed by atoms with Crippen LogP contribution in [0.5, 0.6) is 0 Å². The molecule has 232 valence electrons. The third-order valence-electron chi connectivity index (χ3n) is 9.29. The third kappa shape index (κ3) is 4.96. The SMILES string of the molecule is [2H]c1c([2H])c([2H])c(-c2cc(-c3ccc(-c4ccc(-c5ccc6c(c5)C(C([2H])([2H])[2H])(C([2H])([2H])[2H])c5ccccc5-6)cc4)c4ccccc34)nc(-c3ccccc3)n2)c([2H])c1[2H]. The zero-order valence-electron chi connectivity index (χ0n) is 37.2. The smallest absolute Gasteiger partial charge is 0.160 e. The van der Waals surface area contributed by atoms with Crippen LogP contribution in [-0.4, -0.2) is 9.97 Å². The molecule has 2 nitrogen and oxygen atoms in total. The lowest BCUT2D eigenvalue weighted by Gasteiger charge is -2.22. The number of rotatable bonds is 5. The minimum absolute atomic E-state index is 0.0155. The number of hydrogen-bond donors (Lipinski definition) is 0. The van der Waals surface area contributed by atoms with Crippen molar-refractivity contribution in [3.8, 4) is 67.3 Å². The minimum Gasteiger partial charge on any atom is -0.228 e. The third-order valence-corrected chi connectivity index (χ3v) is 9.29. The van der Waals surface area contributed by atoms with Crippen LogP contribution < -0.4 is 0 Å². The highest BCUT2D eigenvalue weighted by atomic mass is 14.9. The fourth-order valence-corrected chi connectivity index (χ4v) is 6.88. The number of nitrogens with zero attached hydrogens (tertiary/aromatic N) is 2. The fraction of sp³-hybridized carbons (Fsp3) is 0.0638. The molecule has 0 fully saturated rings. The van der Waals surface area contributed by atoms with Gasteiger partial charge in [-0.25, -0.2) is 9.97 Å². The van der Waals surface area contributed by atoms with Gasteiger partial charge < -0.3 is 0 Å². The summed E-state index contributed by atoms with van der Waals surface area (Å²) < 4.78 is 93.8. The zero-order valence-corrected chi connectivity index (χ0v) is 26.2. The second kappa shape index (κ2) is 11.5. The molecule has 0 amide bonds. The van der Waals surface area contributed by atoms with E-state index in [1.807, 2.05) is 103 Å². The van der Waals surface area contributed by atoms with Gasteiger partial charge in [-0.2, -0.15) is 0 Å². The van der Waals surface area contributed by atoms with Gasteiger partial charge in [0.1, 0.15) is 0 Å². The van der Waals surface area contributed by atoms with Gasteiger partial charge in [0.25, 0.3) is 0 Å². The highest BCUT2D eigenvalue weighted by molar-refractivity contribution is 6.05. The molecule has 0 saturated heterocycles. The lowest BCUT2D eigenvalue weighted by Crippen LogP contribution is -2.14. The van der Waals surface area contributed by atoms with E-state index in [4.69, 9.17) is 25.0 Å². The Morgan fingerprint density at radius 2 is 1.06 bits per heavy atom. The second-order valence-corrected chi connectivity index (χ2v) is 12.2. The molecule has 9 rings (SSSR count). The molecular formula is C47H34N2. The van der Waals surface area contributed by atoms with E-state index < -0.39 is 37.2 Å².